The third kappa shape index (κ3) is 2.59. The van der Waals surface area contributed by atoms with Crippen LogP contribution in [0, 0.1) is 5.82 Å². The Morgan fingerprint density at radius 3 is 2.65 bits per heavy atom. The molecule has 0 aliphatic rings. The number of aromatic nitrogens is 2. The summed E-state index contributed by atoms with van der Waals surface area (Å²) >= 11 is 1.49. The Morgan fingerprint density at radius 1 is 1.10 bits per heavy atom. The molecule has 2 aromatic heterocycles. The summed E-state index contributed by atoms with van der Waals surface area (Å²) in [5.74, 6) is -0.261. The molecule has 100 valence electrons. The molecule has 0 saturated heterocycles. The molecule has 1 aromatic carbocycles. The molecule has 0 saturated carbocycles. The largest absolute Gasteiger partial charge is 0.392 e. The van der Waals surface area contributed by atoms with Crippen LogP contribution in [0.2, 0.25) is 0 Å². The molecule has 2 heterocycles. The van der Waals surface area contributed by atoms with Crippen LogP contribution in [0.3, 0.4) is 0 Å². The Kier molecular flexibility index (Phi) is 3.54. The number of aliphatic hydroxyl groups excluding tert-OH is 1. The molecule has 1 N–H and O–H groups in total. The highest BCUT2D eigenvalue weighted by atomic mass is 32.1. The molecule has 0 atom stereocenters. The smallest absolute Gasteiger partial charge is 0.123 e. The summed E-state index contributed by atoms with van der Waals surface area (Å²) in [5, 5.41) is 9.96. The number of rotatable bonds is 3. The zero-order valence-corrected chi connectivity index (χ0v) is 11.3. The quantitative estimate of drug-likeness (QED) is 0.801. The highest BCUT2D eigenvalue weighted by Gasteiger charge is 2.08. The molecule has 3 rings (SSSR count). The van der Waals surface area contributed by atoms with Gasteiger partial charge >= 0.3 is 0 Å². The van der Waals surface area contributed by atoms with Crippen molar-refractivity contribution in [1.29, 1.82) is 0 Å². The molecule has 20 heavy (non-hydrogen) atoms. The summed E-state index contributed by atoms with van der Waals surface area (Å²) < 4.78 is 12.9. The summed E-state index contributed by atoms with van der Waals surface area (Å²) in [7, 11) is 0. The van der Waals surface area contributed by atoms with Gasteiger partial charge in [0.1, 0.15) is 10.8 Å². The summed E-state index contributed by atoms with van der Waals surface area (Å²) in [4.78, 5) is 9.54. The van der Waals surface area contributed by atoms with Gasteiger partial charge in [0.2, 0.25) is 0 Å². The van der Waals surface area contributed by atoms with E-state index in [2.05, 4.69) is 9.97 Å². The fourth-order valence-electron chi connectivity index (χ4n) is 1.83. The predicted octanol–water partition coefficient (Wildman–Crippen LogP) is 3.50. The second-order valence-corrected chi connectivity index (χ2v) is 5.27. The van der Waals surface area contributed by atoms with Gasteiger partial charge in [-0.3, -0.25) is 4.98 Å². The van der Waals surface area contributed by atoms with Crippen LogP contribution in [0.4, 0.5) is 4.39 Å². The van der Waals surface area contributed by atoms with Crippen LogP contribution in [-0.2, 0) is 6.61 Å². The zero-order chi connectivity index (χ0) is 13.9. The summed E-state index contributed by atoms with van der Waals surface area (Å²) in [5.41, 5.74) is 2.47. The lowest BCUT2D eigenvalue weighted by Crippen LogP contribution is -1.86. The third-order valence-electron chi connectivity index (χ3n) is 2.86. The number of aliphatic hydroxyl groups is 1. The van der Waals surface area contributed by atoms with Gasteiger partial charge in [-0.2, -0.15) is 0 Å². The Labute approximate surface area is 119 Å². The fourth-order valence-corrected chi connectivity index (χ4v) is 2.72. The standard InChI is InChI=1S/C15H11FN2OS/c16-12-3-1-11(2-4-12)15-18-8-14(20-15)13-7-10(9-19)5-6-17-13/h1-8,19H,9H2. The van der Waals surface area contributed by atoms with E-state index < -0.39 is 0 Å². The average molecular weight is 286 g/mol. The van der Waals surface area contributed by atoms with E-state index in [0.29, 0.717) is 0 Å². The molecule has 0 fully saturated rings. The minimum atomic E-state index is -0.261. The van der Waals surface area contributed by atoms with Crippen molar-refractivity contribution < 1.29 is 9.50 Å². The fraction of sp³-hybridized carbons (Fsp3) is 0.0667. The van der Waals surface area contributed by atoms with Crippen LogP contribution in [-0.4, -0.2) is 15.1 Å². The number of hydrogen-bond donors (Lipinski definition) is 1. The van der Waals surface area contributed by atoms with Gasteiger partial charge in [-0.05, 0) is 42.0 Å². The Hall–Kier alpha value is -2.11. The van der Waals surface area contributed by atoms with Crippen LogP contribution in [0.15, 0.2) is 48.8 Å². The first kappa shape index (κ1) is 12.9. The number of hydrogen-bond acceptors (Lipinski definition) is 4. The predicted molar refractivity (Wildman–Crippen MR) is 76.7 cm³/mol. The first-order chi connectivity index (χ1) is 9.76. The molecule has 0 unspecified atom stereocenters. The Morgan fingerprint density at radius 2 is 1.90 bits per heavy atom. The highest BCUT2D eigenvalue weighted by Crippen LogP contribution is 2.31. The maximum atomic E-state index is 12.9. The van der Waals surface area contributed by atoms with Crippen molar-refractivity contribution in [3.05, 3.63) is 60.2 Å². The van der Waals surface area contributed by atoms with Gasteiger partial charge in [0.25, 0.3) is 0 Å². The molecule has 3 aromatic rings. The number of nitrogens with zero attached hydrogens (tertiary/aromatic N) is 2. The van der Waals surface area contributed by atoms with E-state index in [1.807, 2.05) is 6.07 Å². The molecule has 0 aliphatic carbocycles. The molecule has 0 aliphatic heterocycles. The molecule has 0 bridgehead atoms. The number of pyridine rings is 1. The van der Waals surface area contributed by atoms with Gasteiger partial charge in [-0.1, -0.05) is 0 Å². The van der Waals surface area contributed by atoms with Gasteiger partial charge < -0.3 is 5.11 Å². The van der Waals surface area contributed by atoms with E-state index in [1.165, 1.54) is 23.5 Å². The maximum absolute atomic E-state index is 12.9. The lowest BCUT2D eigenvalue weighted by atomic mass is 10.2. The van der Waals surface area contributed by atoms with E-state index >= 15 is 0 Å². The van der Waals surface area contributed by atoms with Crippen molar-refractivity contribution in [1.82, 2.24) is 9.97 Å². The highest BCUT2D eigenvalue weighted by molar-refractivity contribution is 7.18. The molecular formula is C15H11FN2OS. The average Bonchev–Trinajstić information content (AvgIpc) is 2.98. The topological polar surface area (TPSA) is 46.0 Å². The lowest BCUT2D eigenvalue weighted by molar-refractivity contribution is 0.282. The van der Waals surface area contributed by atoms with E-state index in [0.717, 1.165) is 26.7 Å². The van der Waals surface area contributed by atoms with Gasteiger partial charge in [-0.15, -0.1) is 11.3 Å². The van der Waals surface area contributed by atoms with Gasteiger partial charge in [-0.25, -0.2) is 9.37 Å². The Bertz CT molecular complexity index is 725. The lowest BCUT2D eigenvalue weighted by Gasteiger charge is -1.99. The molecule has 0 amide bonds. The SMILES string of the molecule is OCc1ccnc(-c2cnc(-c3ccc(F)cc3)s2)c1. The van der Waals surface area contributed by atoms with Crippen molar-refractivity contribution >= 4 is 11.3 Å². The van der Waals surface area contributed by atoms with E-state index in [4.69, 9.17) is 5.11 Å². The van der Waals surface area contributed by atoms with Crippen LogP contribution in [0.5, 0.6) is 0 Å². The van der Waals surface area contributed by atoms with Crippen LogP contribution < -0.4 is 0 Å². The molecular weight excluding hydrogens is 275 g/mol. The van der Waals surface area contributed by atoms with Crippen LogP contribution >= 0.6 is 11.3 Å². The minimum Gasteiger partial charge on any atom is -0.392 e. The van der Waals surface area contributed by atoms with Crippen molar-refractivity contribution in [2.45, 2.75) is 6.61 Å². The molecule has 3 nitrogen and oxygen atoms in total. The normalized spacial score (nSPS) is 10.7. The first-order valence-electron chi connectivity index (χ1n) is 6.04. The summed E-state index contributed by atoms with van der Waals surface area (Å²) in [6.07, 6.45) is 3.41. The van der Waals surface area contributed by atoms with Gasteiger partial charge in [0.05, 0.1) is 17.2 Å². The number of thiazole rings is 1. The second-order valence-electron chi connectivity index (χ2n) is 4.24. The maximum Gasteiger partial charge on any atom is 0.123 e. The van der Waals surface area contributed by atoms with Gasteiger partial charge in [0.15, 0.2) is 0 Å². The van der Waals surface area contributed by atoms with Crippen molar-refractivity contribution in [3.8, 4) is 21.1 Å². The van der Waals surface area contributed by atoms with E-state index in [9.17, 15) is 4.39 Å². The third-order valence-corrected chi connectivity index (χ3v) is 3.93. The number of benzene rings is 1. The first-order valence-corrected chi connectivity index (χ1v) is 6.86. The zero-order valence-electron chi connectivity index (χ0n) is 10.5. The molecule has 0 spiro atoms. The summed E-state index contributed by atoms with van der Waals surface area (Å²) in [6.45, 7) is -0.0147. The monoisotopic (exact) mass is 286 g/mol. The Balaban J connectivity index is 1.95. The van der Waals surface area contributed by atoms with E-state index in [-0.39, 0.29) is 12.4 Å². The van der Waals surface area contributed by atoms with Crippen molar-refractivity contribution in [2.24, 2.45) is 0 Å². The minimum absolute atomic E-state index is 0.0147. The number of halogens is 1. The van der Waals surface area contributed by atoms with Gasteiger partial charge in [0, 0.05) is 18.0 Å². The van der Waals surface area contributed by atoms with Crippen LogP contribution in [0.25, 0.3) is 21.1 Å². The van der Waals surface area contributed by atoms with Crippen LogP contribution in [0.1, 0.15) is 5.56 Å². The van der Waals surface area contributed by atoms with Crippen molar-refractivity contribution in [3.63, 3.8) is 0 Å². The van der Waals surface area contributed by atoms with E-state index in [1.54, 1.807) is 30.6 Å². The summed E-state index contributed by atoms with van der Waals surface area (Å²) in [6, 6.07) is 9.85. The van der Waals surface area contributed by atoms with Crippen molar-refractivity contribution in [2.75, 3.05) is 0 Å². The molecule has 0 radical (unpaired) electrons. The molecule has 5 heteroatoms. The second kappa shape index (κ2) is 5.48.